The van der Waals surface area contributed by atoms with Gasteiger partial charge in [0.25, 0.3) is 0 Å². The molecule has 0 aliphatic carbocycles. The third kappa shape index (κ3) is 3.65. The van der Waals surface area contributed by atoms with E-state index in [1.807, 2.05) is 4.72 Å². The van der Waals surface area contributed by atoms with Gasteiger partial charge in [0.2, 0.25) is 0 Å². The molecule has 15 heavy (non-hydrogen) atoms. The molecule has 0 aromatic rings. The van der Waals surface area contributed by atoms with Gasteiger partial charge in [0.1, 0.15) is 0 Å². The highest BCUT2D eigenvalue weighted by atomic mass is 32.2. The van der Waals surface area contributed by atoms with Crippen LogP contribution in [-0.4, -0.2) is 52.1 Å². The molecule has 1 heterocycles. The van der Waals surface area contributed by atoms with Crippen LogP contribution in [0.2, 0.25) is 0 Å². The molecule has 8 heteroatoms. The molecule has 0 atom stereocenters. The number of nitrogens with zero attached hydrogens (tertiary/aromatic N) is 1. The minimum absolute atomic E-state index is 0.353. The Bertz CT molecular complexity index is 308. The van der Waals surface area contributed by atoms with Gasteiger partial charge in [-0.05, 0) is 13.0 Å². The Balaban J connectivity index is 2.62. The molecule has 0 aromatic heterocycles. The maximum atomic E-state index is 11.6. The van der Waals surface area contributed by atoms with Crippen molar-refractivity contribution in [1.29, 1.82) is 0 Å². The van der Waals surface area contributed by atoms with E-state index in [0.717, 1.165) is 20.1 Å². The van der Waals surface area contributed by atoms with Crippen molar-refractivity contribution >= 4 is 16.3 Å². The van der Waals surface area contributed by atoms with E-state index in [9.17, 15) is 13.2 Å². The fourth-order valence-corrected chi connectivity index (χ4v) is 2.40. The lowest BCUT2D eigenvalue weighted by molar-refractivity contribution is 0.177. The Morgan fingerprint density at radius 1 is 1.40 bits per heavy atom. The lowest BCUT2D eigenvalue weighted by Crippen LogP contribution is -2.44. The zero-order valence-corrected chi connectivity index (χ0v) is 9.34. The number of carbonyl (C=O) groups is 1. The van der Waals surface area contributed by atoms with E-state index in [2.05, 4.69) is 10.1 Å². The van der Waals surface area contributed by atoms with Crippen LogP contribution in [0.15, 0.2) is 0 Å². The zero-order chi connectivity index (χ0) is 11.3. The first-order valence-corrected chi connectivity index (χ1v) is 6.07. The van der Waals surface area contributed by atoms with Crippen molar-refractivity contribution in [2.24, 2.45) is 0 Å². The average Bonchev–Trinajstić information content (AvgIpc) is 2.45. The van der Waals surface area contributed by atoms with Crippen LogP contribution in [0, 0.1) is 0 Å². The fraction of sp³-hybridized carbons (Fsp3) is 0.857. The number of amides is 1. The first-order chi connectivity index (χ1) is 7.06. The molecule has 1 fully saturated rings. The molecule has 1 rings (SSSR count). The largest absolute Gasteiger partial charge is 0.452 e. The summed E-state index contributed by atoms with van der Waals surface area (Å²) >= 11 is 0. The molecule has 0 saturated carbocycles. The third-order valence-corrected chi connectivity index (χ3v) is 3.51. The molecule has 7 nitrogen and oxygen atoms in total. The maximum absolute atomic E-state index is 11.6. The van der Waals surface area contributed by atoms with Crippen LogP contribution in [0.3, 0.4) is 0 Å². The SMILES string of the molecule is COC(=O)NS(=O)(=O)N1CCCNCC1. The van der Waals surface area contributed by atoms with Crippen LogP contribution in [-0.2, 0) is 14.9 Å². The Labute approximate surface area is 89.0 Å². The topological polar surface area (TPSA) is 87.7 Å². The van der Waals surface area contributed by atoms with Crippen molar-refractivity contribution in [3.05, 3.63) is 0 Å². The molecule has 88 valence electrons. The lowest BCUT2D eigenvalue weighted by atomic mass is 10.4. The normalized spacial score (nSPS) is 19.3. The summed E-state index contributed by atoms with van der Waals surface area (Å²) in [5.41, 5.74) is 0. The van der Waals surface area contributed by atoms with Gasteiger partial charge in [0.15, 0.2) is 0 Å². The highest BCUT2D eigenvalue weighted by Crippen LogP contribution is 2.01. The second kappa shape index (κ2) is 5.29. The summed E-state index contributed by atoms with van der Waals surface area (Å²) in [5, 5.41) is 3.07. The minimum atomic E-state index is -3.75. The molecule has 1 saturated heterocycles. The van der Waals surface area contributed by atoms with E-state index < -0.39 is 16.3 Å². The van der Waals surface area contributed by atoms with Crippen LogP contribution < -0.4 is 10.0 Å². The van der Waals surface area contributed by atoms with Gasteiger partial charge in [-0.25, -0.2) is 9.52 Å². The number of carbonyl (C=O) groups excluding carboxylic acids is 1. The second-order valence-corrected chi connectivity index (χ2v) is 4.77. The number of hydrogen-bond donors (Lipinski definition) is 2. The predicted octanol–water partition coefficient (Wildman–Crippen LogP) is -1.12. The van der Waals surface area contributed by atoms with Gasteiger partial charge >= 0.3 is 16.3 Å². The molecule has 1 amide bonds. The number of rotatable bonds is 2. The van der Waals surface area contributed by atoms with E-state index in [-0.39, 0.29) is 0 Å². The zero-order valence-electron chi connectivity index (χ0n) is 8.52. The summed E-state index contributed by atoms with van der Waals surface area (Å²) in [7, 11) is -2.63. The highest BCUT2D eigenvalue weighted by molar-refractivity contribution is 7.87. The van der Waals surface area contributed by atoms with Gasteiger partial charge < -0.3 is 10.1 Å². The van der Waals surface area contributed by atoms with Crippen molar-refractivity contribution < 1.29 is 17.9 Å². The van der Waals surface area contributed by atoms with Gasteiger partial charge in [-0.1, -0.05) is 0 Å². The molecule has 0 aromatic carbocycles. The molecule has 1 aliphatic heterocycles. The summed E-state index contributed by atoms with van der Waals surface area (Å²) in [4.78, 5) is 10.8. The molecular weight excluding hydrogens is 222 g/mol. The third-order valence-electron chi connectivity index (χ3n) is 2.04. The summed E-state index contributed by atoms with van der Waals surface area (Å²) < 4.78 is 30.5. The fourth-order valence-electron chi connectivity index (χ4n) is 1.27. The Hall–Kier alpha value is -0.860. The predicted molar refractivity (Wildman–Crippen MR) is 53.5 cm³/mol. The lowest BCUT2D eigenvalue weighted by Gasteiger charge is -2.18. The van der Waals surface area contributed by atoms with Crippen molar-refractivity contribution in [3.63, 3.8) is 0 Å². The van der Waals surface area contributed by atoms with Gasteiger partial charge in [-0.15, -0.1) is 0 Å². The number of ether oxygens (including phenoxy) is 1. The van der Waals surface area contributed by atoms with Crippen LogP contribution in [0.5, 0.6) is 0 Å². The van der Waals surface area contributed by atoms with Crippen molar-refractivity contribution in [1.82, 2.24) is 14.3 Å². The first-order valence-electron chi connectivity index (χ1n) is 4.63. The monoisotopic (exact) mass is 237 g/mol. The van der Waals surface area contributed by atoms with E-state index in [4.69, 9.17) is 0 Å². The second-order valence-electron chi connectivity index (χ2n) is 3.10. The molecule has 0 bridgehead atoms. The molecular formula is C7H15N3O4S. The van der Waals surface area contributed by atoms with Gasteiger partial charge in [-0.2, -0.15) is 12.7 Å². The minimum Gasteiger partial charge on any atom is -0.452 e. The molecule has 0 unspecified atom stereocenters. The van der Waals surface area contributed by atoms with E-state index in [0.29, 0.717) is 19.6 Å². The average molecular weight is 237 g/mol. The summed E-state index contributed by atoms with van der Waals surface area (Å²) in [5.74, 6) is 0. The van der Waals surface area contributed by atoms with E-state index >= 15 is 0 Å². The molecule has 0 radical (unpaired) electrons. The van der Waals surface area contributed by atoms with Gasteiger partial charge in [0.05, 0.1) is 7.11 Å². The van der Waals surface area contributed by atoms with Crippen LogP contribution in [0.4, 0.5) is 4.79 Å². The van der Waals surface area contributed by atoms with Gasteiger partial charge in [-0.3, -0.25) is 0 Å². The summed E-state index contributed by atoms with van der Waals surface area (Å²) in [6, 6.07) is 0. The summed E-state index contributed by atoms with van der Waals surface area (Å²) in [6.45, 7) is 2.12. The van der Waals surface area contributed by atoms with E-state index in [1.165, 1.54) is 4.31 Å². The Morgan fingerprint density at radius 2 is 2.13 bits per heavy atom. The van der Waals surface area contributed by atoms with Crippen LogP contribution in [0.1, 0.15) is 6.42 Å². The molecule has 1 aliphatic rings. The Morgan fingerprint density at radius 3 is 2.80 bits per heavy atom. The van der Waals surface area contributed by atoms with E-state index in [1.54, 1.807) is 0 Å². The Kier molecular flexibility index (Phi) is 4.30. The van der Waals surface area contributed by atoms with Crippen LogP contribution in [0.25, 0.3) is 0 Å². The van der Waals surface area contributed by atoms with Crippen molar-refractivity contribution in [3.8, 4) is 0 Å². The smallest absolute Gasteiger partial charge is 0.421 e. The summed E-state index contributed by atoms with van der Waals surface area (Å²) in [6.07, 6.45) is -0.241. The number of nitrogens with one attached hydrogen (secondary N) is 2. The van der Waals surface area contributed by atoms with Gasteiger partial charge in [0, 0.05) is 19.6 Å². The standard InChI is InChI=1S/C7H15N3O4S/c1-14-7(11)9-15(12,13)10-5-2-3-8-4-6-10/h8H,2-6H2,1H3,(H,9,11). The first kappa shape index (κ1) is 12.2. The van der Waals surface area contributed by atoms with Crippen molar-refractivity contribution in [2.75, 3.05) is 33.3 Å². The molecule has 2 N–H and O–H groups in total. The maximum Gasteiger partial charge on any atom is 0.421 e. The molecule has 0 spiro atoms. The number of methoxy groups -OCH3 is 1. The quantitative estimate of drug-likeness (QED) is 0.635. The van der Waals surface area contributed by atoms with Crippen molar-refractivity contribution in [2.45, 2.75) is 6.42 Å². The van der Waals surface area contributed by atoms with Crippen LogP contribution >= 0.6 is 0 Å². The number of hydrogen-bond acceptors (Lipinski definition) is 5. The highest BCUT2D eigenvalue weighted by Gasteiger charge is 2.24.